The fraction of sp³-hybridized carbons (Fsp3) is 0.480. The Bertz CT molecular complexity index is 941. The van der Waals surface area contributed by atoms with Gasteiger partial charge in [-0.15, -0.1) is 0 Å². The van der Waals surface area contributed by atoms with Gasteiger partial charge in [-0.2, -0.15) is 0 Å². The van der Waals surface area contributed by atoms with Crippen molar-refractivity contribution in [2.75, 3.05) is 40.8 Å². The van der Waals surface area contributed by atoms with Crippen LogP contribution < -0.4 is 10.6 Å². The van der Waals surface area contributed by atoms with Gasteiger partial charge in [0, 0.05) is 36.5 Å². The molecule has 31 heavy (non-hydrogen) atoms. The van der Waals surface area contributed by atoms with E-state index in [2.05, 4.69) is 50.4 Å². The van der Waals surface area contributed by atoms with Crippen molar-refractivity contribution >= 4 is 11.3 Å². The van der Waals surface area contributed by atoms with E-state index in [1.807, 2.05) is 19.1 Å². The molecule has 1 aliphatic heterocycles. The van der Waals surface area contributed by atoms with Gasteiger partial charge in [-0.25, -0.2) is 15.8 Å². The average Bonchev–Trinajstić information content (AvgIpc) is 3.19. The number of aryl methyl sites for hydroxylation is 1. The zero-order valence-corrected chi connectivity index (χ0v) is 20.0. The second-order valence-corrected chi connectivity index (χ2v) is 8.63. The smallest absolute Gasteiger partial charge is 0.157 e. The van der Waals surface area contributed by atoms with Gasteiger partial charge < -0.3 is 14.5 Å². The summed E-state index contributed by atoms with van der Waals surface area (Å²) in [6.07, 6.45) is 3.14. The molecule has 1 aliphatic carbocycles. The summed E-state index contributed by atoms with van der Waals surface area (Å²) in [4.78, 5) is 9.67. The Morgan fingerprint density at radius 3 is 2.58 bits per heavy atom. The topological polar surface area (TPSA) is 57.3 Å². The zero-order valence-electron chi connectivity index (χ0n) is 20.0. The number of benzene rings is 1. The SMILES string of the molecule is C=C(C)/C(=C1/N=C2CCCC2=C(N(CC)CCN(C)C)N1N)c1ccc(OC)cc1C. The lowest BCUT2D eigenvalue weighted by Gasteiger charge is -2.38. The second kappa shape index (κ2) is 9.71. The molecule has 0 atom stereocenters. The first-order chi connectivity index (χ1) is 14.8. The highest BCUT2D eigenvalue weighted by Gasteiger charge is 2.33. The molecule has 0 aromatic heterocycles. The summed E-state index contributed by atoms with van der Waals surface area (Å²) in [5, 5.41) is 1.80. The molecular formula is C25H37N5O. The maximum atomic E-state index is 6.83. The summed E-state index contributed by atoms with van der Waals surface area (Å²) in [5.41, 5.74) is 6.59. The first-order valence-corrected chi connectivity index (χ1v) is 11.1. The summed E-state index contributed by atoms with van der Waals surface area (Å²) in [6.45, 7) is 13.4. The number of allylic oxidation sites excluding steroid dienone is 3. The molecule has 0 bridgehead atoms. The fourth-order valence-electron chi connectivity index (χ4n) is 4.36. The van der Waals surface area contributed by atoms with Crippen LogP contribution in [0.5, 0.6) is 5.75 Å². The maximum absolute atomic E-state index is 6.83. The molecular weight excluding hydrogens is 386 g/mol. The number of likely N-dealkylation sites (N-methyl/N-ethyl adjacent to an activating group) is 2. The first kappa shape index (κ1) is 23.1. The second-order valence-electron chi connectivity index (χ2n) is 8.63. The molecule has 2 N–H and O–H groups in total. The van der Waals surface area contributed by atoms with Crippen molar-refractivity contribution in [3.8, 4) is 5.75 Å². The van der Waals surface area contributed by atoms with E-state index in [0.717, 1.165) is 78.6 Å². The third-order valence-electron chi connectivity index (χ3n) is 6.01. The Kier molecular flexibility index (Phi) is 7.23. The third-order valence-corrected chi connectivity index (χ3v) is 6.01. The molecule has 0 spiro atoms. The number of ether oxygens (including phenoxy) is 1. The Balaban J connectivity index is 2.15. The normalized spacial score (nSPS) is 17.7. The van der Waals surface area contributed by atoms with Gasteiger partial charge in [0.2, 0.25) is 0 Å². The summed E-state index contributed by atoms with van der Waals surface area (Å²) in [7, 11) is 5.89. The zero-order chi connectivity index (χ0) is 22.7. The fourth-order valence-corrected chi connectivity index (χ4v) is 4.36. The lowest BCUT2D eigenvalue weighted by atomic mass is 9.94. The largest absolute Gasteiger partial charge is 0.497 e. The Labute approximate surface area is 187 Å². The quantitative estimate of drug-likeness (QED) is 0.637. The van der Waals surface area contributed by atoms with Crippen molar-refractivity contribution in [2.24, 2.45) is 10.8 Å². The minimum atomic E-state index is 0.778. The van der Waals surface area contributed by atoms with E-state index in [0.29, 0.717) is 0 Å². The standard InChI is InChI=1S/C25H37N5O/c1-8-29(15-14-28(5)6)25-21-10-9-11-22(21)27-24(30(25)26)23(17(2)3)20-13-12-19(31-7)16-18(20)4/h12-13,16H,2,8-11,14-15,26H2,1,3-7H3/b24-23+. The van der Waals surface area contributed by atoms with Crippen LogP contribution in [0.25, 0.3) is 5.57 Å². The Morgan fingerprint density at radius 1 is 1.26 bits per heavy atom. The maximum Gasteiger partial charge on any atom is 0.157 e. The lowest BCUT2D eigenvalue weighted by Crippen LogP contribution is -2.44. The molecule has 1 saturated carbocycles. The minimum absolute atomic E-state index is 0.778. The predicted octanol–water partition coefficient (Wildman–Crippen LogP) is 4.16. The van der Waals surface area contributed by atoms with Crippen LogP contribution in [0.4, 0.5) is 0 Å². The van der Waals surface area contributed by atoms with E-state index in [4.69, 9.17) is 15.6 Å². The molecule has 1 heterocycles. The van der Waals surface area contributed by atoms with Crippen molar-refractivity contribution in [3.05, 3.63) is 58.7 Å². The molecule has 1 aromatic carbocycles. The number of nitrogens with two attached hydrogens (primary N) is 1. The van der Waals surface area contributed by atoms with Crippen LogP contribution >= 0.6 is 0 Å². The molecule has 0 amide bonds. The van der Waals surface area contributed by atoms with Gasteiger partial charge in [0.05, 0.1) is 7.11 Å². The molecule has 6 nitrogen and oxygen atoms in total. The molecule has 1 aromatic rings. The Hall–Kier alpha value is -2.57. The van der Waals surface area contributed by atoms with E-state index < -0.39 is 0 Å². The van der Waals surface area contributed by atoms with Crippen LogP contribution in [0.3, 0.4) is 0 Å². The van der Waals surface area contributed by atoms with E-state index in [1.165, 1.54) is 11.3 Å². The molecule has 0 saturated heterocycles. The number of hydrogen-bond acceptors (Lipinski definition) is 6. The number of hydrazine groups is 1. The molecule has 2 aliphatic rings. The average molecular weight is 424 g/mol. The van der Waals surface area contributed by atoms with E-state index in [9.17, 15) is 0 Å². The molecule has 1 fully saturated rings. The molecule has 0 unspecified atom stereocenters. The lowest BCUT2D eigenvalue weighted by molar-refractivity contribution is 0.224. The highest BCUT2D eigenvalue weighted by Crippen LogP contribution is 2.39. The number of fused-ring (bicyclic) bond motifs is 1. The van der Waals surface area contributed by atoms with Gasteiger partial charge in [-0.1, -0.05) is 12.6 Å². The number of hydrogen-bond donors (Lipinski definition) is 1. The molecule has 168 valence electrons. The van der Waals surface area contributed by atoms with Crippen LogP contribution in [0.2, 0.25) is 0 Å². The van der Waals surface area contributed by atoms with Gasteiger partial charge in [0.15, 0.2) is 5.82 Å². The van der Waals surface area contributed by atoms with Crippen molar-refractivity contribution in [3.63, 3.8) is 0 Å². The Morgan fingerprint density at radius 2 is 2.00 bits per heavy atom. The summed E-state index contributed by atoms with van der Waals surface area (Å²) in [6, 6.07) is 6.11. The summed E-state index contributed by atoms with van der Waals surface area (Å²) in [5.74, 6) is 9.54. The van der Waals surface area contributed by atoms with E-state index >= 15 is 0 Å². The summed E-state index contributed by atoms with van der Waals surface area (Å²) >= 11 is 0. The van der Waals surface area contributed by atoms with Gasteiger partial charge >= 0.3 is 0 Å². The van der Waals surface area contributed by atoms with Crippen LogP contribution in [0.15, 0.2) is 52.6 Å². The monoisotopic (exact) mass is 423 g/mol. The highest BCUT2D eigenvalue weighted by molar-refractivity contribution is 6.04. The highest BCUT2D eigenvalue weighted by atomic mass is 16.5. The van der Waals surface area contributed by atoms with E-state index in [-0.39, 0.29) is 0 Å². The van der Waals surface area contributed by atoms with Crippen molar-refractivity contribution in [2.45, 2.75) is 40.0 Å². The van der Waals surface area contributed by atoms with Gasteiger partial charge in [-0.3, -0.25) is 0 Å². The van der Waals surface area contributed by atoms with Crippen molar-refractivity contribution in [1.29, 1.82) is 0 Å². The molecule has 0 radical (unpaired) electrons. The predicted molar refractivity (Wildman–Crippen MR) is 130 cm³/mol. The van der Waals surface area contributed by atoms with Gasteiger partial charge in [-0.05, 0) is 83.0 Å². The van der Waals surface area contributed by atoms with Gasteiger partial charge in [0.1, 0.15) is 11.6 Å². The number of rotatable bonds is 8. The van der Waals surface area contributed by atoms with Crippen LogP contribution in [0, 0.1) is 6.92 Å². The van der Waals surface area contributed by atoms with Gasteiger partial charge in [0.25, 0.3) is 0 Å². The molecule has 3 rings (SSSR count). The third kappa shape index (κ3) is 4.70. The molecule has 6 heteroatoms. The minimum Gasteiger partial charge on any atom is -0.497 e. The van der Waals surface area contributed by atoms with E-state index in [1.54, 1.807) is 12.1 Å². The van der Waals surface area contributed by atoms with Crippen molar-refractivity contribution in [1.82, 2.24) is 14.8 Å². The summed E-state index contributed by atoms with van der Waals surface area (Å²) < 4.78 is 5.40. The van der Waals surface area contributed by atoms with Crippen LogP contribution in [-0.4, -0.2) is 61.4 Å². The first-order valence-electron chi connectivity index (χ1n) is 11.1. The van der Waals surface area contributed by atoms with Crippen LogP contribution in [0.1, 0.15) is 44.2 Å². The van der Waals surface area contributed by atoms with Crippen molar-refractivity contribution < 1.29 is 4.74 Å². The number of methoxy groups -OCH3 is 1. The number of nitrogens with zero attached hydrogens (tertiary/aromatic N) is 4. The van der Waals surface area contributed by atoms with Crippen LogP contribution in [-0.2, 0) is 0 Å². The number of aliphatic imine (C=N–C) groups is 1.